The monoisotopic (exact) mass is 1230 g/mol. The van der Waals surface area contributed by atoms with Gasteiger partial charge in [-0.25, -0.2) is 18.7 Å². The third-order valence-electron chi connectivity index (χ3n) is 18.2. The maximum absolute atomic E-state index is 7.56. The van der Waals surface area contributed by atoms with Gasteiger partial charge in [0.1, 0.15) is 46.0 Å². The number of rotatable bonds is 32. The summed E-state index contributed by atoms with van der Waals surface area (Å²) in [7, 11) is -6.55. The molecule has 5 aliphatic rings. The van der Waals surface area contributed by atoms with E-state index in [4.69, 9.17) is 36.2 Å². The van der Waals surface area contributed by atoms with E-state index < -0.39 is 34.1 Å². The minimum Gasteiger partial charge on any atom is -0.427 e. The summed E-state index contributed by atoms with van der Waals surface area (Å²) >= 11 is 0. The van der Waals surface area contributed by atoms with E-state index in [1.165, 1.54) is 95.9 Å². The summed E-state index contributed by atoms with van der Waals surface area (Å²) in [5.41, 5.74) is 9.75. The van der Waals surface area contributed by atoms with Gasteiger partial charge in [-0.05, 0) is 49.9 Å². The molecule has 4 aromatic rings. The van der Waals surface area contributed by atoms with Crippen molar-refractivity contribution in [3.05, 3.63) is 93.0 Å². The van der Waals surface area contributed by atoms with Crippen LogP contribution >= 0.6 is 34.1 Å². The van der Waals surface area contributed by atoms with Gasteiger partial charge in [0.15, 0.2) is 0 Å². The van der Waals surface area contributed by atoms with Crippen LogP contribution < -0.4 is 36.2 Å². The van der Waals surface area contributed by atoms with Crippen LogP contribution in [0.4, 0.5) is 0 Å². The van der Waals surface area contributed by atoms with Gasteiger partial charge in [0.25, 0.3) is 0 Å². The minimum absolute atomic E-state index is 0.0447. The van der Waals surface area contributed by atoms with Gasteiger partial charge in [-0.3, -0.25) is 0 Å². The zero-order valence-corrected chi connectivity index (χ0v) is 57.1. The molecule has 4 aromatic carbocycles. The largest absolute Gasteiger partial charge is 0.427 e. The smallest absolute Gasteiger partial charge is 0.384 e. The average Bonchev–Trinajstić information content (AvgIpc) is 1.17. The molecule has 0 atom stereocenters. The van der Waals surface area contributed by atoms with Crippen LogP contribution in [0.3, 0.4) is 0 Å². The van der Waals surface area contributed by atoms with Crippen LogP contribution in [0.2, 0.25) is 0 Å². The Balaban J connectivity index is 1.47. The first-order valence-electron chi connectivity index (χ1n) is 33.5. The summed E-state index contributed by atoms with van der Waals surface area (Å²) in [6.45, 7) is 33.1. The van der Waals surface area contributed by atoms with Gasteiger partial charge >= 0.3 is 34.1 Å². The van der Waals surface area contributed by atoms with Crippen LogP contribution in [0.25, 0.3) is 0 Å². The van der Waals surface area contributed by atoms with Gasteiger partial charge in [-0.1, -0.05) is 186 Å². The number of unbranched alkanes of at least 4 members (excludes halogenated alkanes) is 12. The van der Waals surface area contributed by atoms with E-state index >= 15 is 0 Å². The van der Waals surface area contributed by atoms with Crippen LogP contribution in [0.15, 0.2) is 48.5 Å². The number of benzene rings is 4. The lowest BCUT2D eigenvalue weighted by Gasteiger charge is -2.39. The molecule has 0 unspecified atom stereocenters. The highest BCUT2D eigenvalue weighted by molar-refractivity contribution is 7.46. The molecular weight excluding hydrogens is 1120 g/mol. The van der Waals surface area contributed by atoms with E-state index in [1.54, 1.807) is 0 Å². The van der Waals surface area contributed by atoms with E-state index in [-0.39, 0.29) is 23.7 Å². The molecule has 8 bridgehead atoms. The molecule has 9 rings (SSSR count). The molecule has 0 N–H and O–H groups in total. The highest BCUT2D eigenvalue weighted by atomic mass is 31.2. The number of hydrogen-bond acceptors (Lipinski definition) is 12. The lowest BCUT2D eigenvalue weighted by molar-refractivity contribution is 0.348. The van der Waals surface area contributed by atoms with E-state index in [2.05, 4.69) is 150 Å². The van der Waals surface area contributed by atoms with E-state index in [0.717, 1.165) is 175 Å². The Morgan fingerprint density at radius 1 is 0.238 bits per heavy atom. The van der Waals surface area contributed by atoms with Gasteiger partial charge < -0.3 is 36.2 Å². The summed E-state index contributed by atoms with van der Waals surface area (Å²) < 4.78 is 69.9. The van der Waals surface area contributed by atoms with Crippen LogP contribution in [0.5, 0.6) is 46.0 Å². The predicted molar refractivity (Wildman–Crippen MR) is 353 cm³/mol. The Kier molecular flexibility index (Phi) is 24.8. The SMILES string of the molecule is CCCCCCC1c2cc3c4cc2OP(N(CC)CC)Oc2cc5c(cc21)C(CCCCCC)c1cc2c(cc1OP(N(CC)CC)O5)OP(N(CC)CC)Oc1cc(c(cc1C2CCCCCC)C3CCCCCC)OP(N(CC)CC)O4. The first-order chi connectivity index (χ1) is 41.1. The van der Waals surface area contributed by atoms with Crippen molar-refractivity contribution in [2.45, 2.75) is 235 Å². The summed E-state index contributed by atoms with van der Waals surface area (Å²) in [6.07, 6.45) is 22.1. The van der Waals surface area contributed by atoms with Gasteiger partial charge in [-0.2, -0.15) is 0 Å². The van der Waals surface area contributed by atoms with Crippen molar-refractivity contribution in [1.29, 1.82) is 0 Å². The van der Waals surface area contributed by atoms with Crippen LogP contribution in [0.1, 0.15) is 280 Å². The van der Waals surface area contributed by atoms with Gasteiger partial charge in [0.2, 0.25) is 0 Å². The highest BCUT2D eigenvalue weighted by Gasteiger charge is 2.43. The molecule has 16 heteroatoms. The Morgan fingerprint density at radius 3 is 0.548 bits per heavy atom. The van der Waals surface area contributed by atoms with Crippen molar-refractivity contribution in [2.75, 3.05) is 52.4 Å². The first kappa shape index (κ1) is 65.3. The average molecular weight is 1230 g/mol. The molecule has 12 nitrogen and oxygen atoms in total. The molecule has 0 saturated carbocycles. The lowest BCUT2D eigenvalue weighted by Crippen LogP contribution is -2.27. The van der Waals surface area contributed by atoms with Gasteiger partial charge in [0.05, 0.1) is 0 Å². The molecule has 84 heavy (non-hydrogen) atoms. The first-order valence-corrected chi connectivity index (χ1v) is 38.0. The van der Waals surface area contributed by atoms with E-state index in [1.807, 2.05) is 0 Å². The third-order valence-corrected chi connectivity index (χ3v) is 25.1. The summed E-state index contributed by atoms with van der Waals surface area (Å²) in [5, 5.41) is 0. The second-order valence-electron chi connectivity index (χ2n) is 23.6. The van der Waals surface area contributed by atoms with Gasteiger partial charge in [-0.15, -0.1) is 0 Å². The fourth-order valence-corrected chi connectivity index (χ4v) is 18.8. The molecule has 0 saturated heterocycles. The zero-order valence-electron chi connectivity index (χ0n) is 53.6. The Bertz CT molecular complexity index is 2260. The normalized spacial score (nSPS) is 21.7. The summed E-state index contributed by atoms with van der Waals surface area (Å²) in [5.74, 6) is 6.62. The second-order valence-corrected chi connectivity index (χ2v) is 29.2. The zero-order chi connectivity index (χ0) is 59.3. The van der Waals surface area contributed by atoms with Crippen LogP contribution in [-0.2, 0) is 0 Å². The second kappa shape index (κ2) is 31.8. The van der Waals surface area contributed by atoms with Crippen molar-refractivity contribution < 1.29 is 36.2 Å². The third kappa shape index (κ3) is 14.6. The molecule has 0 radical (unpaired) electrons. The minimum atomic E-state index is -1.64. The molecule has 0 spiro atoms. The van der Waals surface area contributed by atoms with Crippen LogP contribution in [-0.4, -0.2) is 71.0 Å². The molecular formula is C68H104N4O8P4. The quantitative estimate of drug-likeness (QED) is 0.0345. The lowest BCUT2D eigenvalue weighted by atomic mass is 9.76. The summed E-state index contributed by atoms with van der Waals surface area (Å²) in [4.78, 5) is 0. The Labute approximate surface area is 512 Å². The standard InChI is InChI=1S/C68H104N4O8P4/c1-13-25-29-33-37-49-53-41-55-50(38-34-30-26-14-2)57-43-59-52(40-36-32-28-16-4)60-44-58-51(39-35-31-27-15-3)56-42-54(49)62-46-64(56)76-83(71(21-9)22-10)78-66(58)48-68(60)80-84(72(23-11)24-12)79-67(59)47-65(57)77-82(70(19-7)20-8)75-63(55)45-61(53)73-81(74-62)69(17-5)18-6/h41-52H,13-40H2,1-12H3. The molecule has 464 valence electrons. The maximum atomic E-state index is 7.56. The molecule has 4 aliphatic heterocycles. The van der Waals surface area contributed by atoms with Gasteiger partial charge in [0, 0.05) is 145 Å². The van der Waals surface area contributed by atoms with Crippen molar-refractivity contribution in [1.82, 2.24) is 18.7 Å². The number of hydrogen-bond donors (Lipinski definition) is 0. The summed E-state index contributed by atoms with van der Waals surface area (Å²) in [6, 6.07) is 19.4. The topological polar surface area (TPSA) is 86.8 Å². The van der Waals surface area contributed by atoms with Crippen molar-refractivity contribution in [2.24, 2.45) is 0 Å². The number of nitrogens with zero attached hydrogens (tertiary/aromatic N) is 4. The fourth-order valence-electron chi connectivity index (χ4n) is 13.2. The van der Waals surface area contributed by atoms with Crippen molar-refractivity contribution in [3.8, 4) is 46.0 Å². The molecule has 0 fully saturated rings. The van der Waals surface area contributed by atoms with Crippen molar-refractivity contribution in [3.63, 3.8) is 0 Å². The van der Waals surface area contributed by atoms with Crippen LogP contribution in [0, 0.1) is 0 Å². The maximum Gasteiger partial charge on any atom is 0.384 e. The molecule has 0 amide bonds. The Hall–Kier alpha value is -3.16. The van der Waals surface area contributed by atoms with E-state index in [0.29, 0.717) is 0 Å². The molecule has 4 heterocycles. The highest BCUT2D eigenvalue weighted by Crippen LogP contribution is 2.64. The van der Waals surface area contributed by atoms with Crippen molar-refractivity contribution >= 4 is 34.1 Å². The molecule has 0 aromatic heterocycles. The fraction of sp³-hybridized carbons (Fsp3) is 0.647. The van der Waals surface area contributed by atoms with E-state index in [9.17, 15) is 0 Å². The molecule has 1 aliphatic carbocycles. The Morgan fingerprint density at radius 2 is 0.405 bits per heavy atom. The predicted octanol–water partition coefficient (Wildman–Crippen LogP) is 21.8.